The molecule has 0 saturated carbocycles. The molecule has 0 aliphatic rings. The first-order valence-electron chi connectivity index (χ1n) is 3.65. The van der Waals surface area contributed by atoms with Gasteiger partial charge in [-0.05, 0) is 6.07 Å². The van der Waals surface area contributed by atoms with Crippen LogP contribution in [0.1, 0.15) is 5.56 Å². The van der Waals surface area contributed by atoms with Gasteiger partial charge in [0.1, 0.15) is 12.1 Å². The van der Waals surface area contributed by atoms with Crippen LogP contribution in [0.4, 0.5) is 5.69 Å². The minimum Gasteiger partial charge on any atom is -0.399 e. The third-order valence-corrected chi connectivity index (χ3v) is 1.79. The molecule has 74 valence electrons. The van der Waals surface area contributed by atoms with Gasteiger partial charge in [0.25, 0.3) is 5.69 Å². The molecular formula is C8H7ClN2O3. The number of nitrogens with zero attached hydrogens (tertiary/aromatic N) is 2. The first-order valence-corrected chi connectivity index (χ1v) is 4.03. The highest BCUT2D eigenvalue weighted by atomic mass is 35.5. The molecule has 0 heterocycles. The Morgan fingerprint density at radius 2 is 2.36 bits per heavy atom. The smallest absolute Gasteiger partial charge is 0.288 e. The van der Waals surface area contributed by atoms with Gasteiger partial charge in [0.2, 0.25) is 0 Å². The van der Waals surface area contributed by atoms with Gasteiger partial charge in [0.05, 0.1) is 11.1 Å². The Kier molecular flexibility index (Phi) is 3.41. The zero-order chi connectivity index (χ0) is 10.6. The fraction of sp³-hybridized carbons (Fsp3) is 0.125. The maximum absolute atomic E-state index is 10.5. The number of nitro benzene ring substituents is 1. The van der Waals surface area contributed by atoms with E-state index in [1.807, 2.05) is 0 Å². The van der Waals surface area contributed by atoms with E-state index in [1.165, 1.54) is 25.5 Å². The van der Waals surface area contributed by atoms with E-state index in [9.17, 15) is 10.1 Å². The Hall–Kier alpha value is -1.62. The summed E-state index contributed by atoms with van der Waals surface area (Å²) in [4.78, 5) is 14.4. The molecule has 0 spiro atoms. The maximum atomic E-state index is 10.5. The van der Waals surface area contributed by atoms with Crippen molar-refractivity contribution >= 4 is 23.5 Å². The van der Waals surface area contributed by atoms with Gasteiger partial charge in [-0.2, -0.15) is 0 Å². The largest absolute Gasteiger partial charge is 0.399 e. The van der Waals surface area contributed by atoms with Gasteiger partial charge in [-0.3, -0.25) is 10.1 Å². The topological polar surface area (TPSA) is 64.7 Å². The molecule has 1 rings (SSSR count). The molecule has 0 saturated heterocycles. The van der Waals surface area contributed by atoms with Gasteiger partial charge in [-0.15, -0.1) is 0 Å². The highest BCUT2D eigenvalue weighted by Crippen LogP contribution is 2.24. The minimum absolute atomic E-state index is 0.101. The van der Waals surface area contributed by atoms with Crippen LogP contribution in [-0.2, 0) is 4.84 Å². The van der Waals surface area contributed by atoms with Crippen molar-refractivity contribution in [2.24, 2.45) is 5.16 Å². The number of hydrogen-bond donors (Lipinski definition) is 0. The maximum Gasteiger partial charge on any atom is 0.288 e. The third-order valence-electron chi connectivity index (χ3n) is 1.47. The van der Waals surface area contributed by atoms with Crippen LogP contribution in [0.5, 0.6) is 0 Å². The monoisotopic (exact) mass is 214 g/mol. The molecule has 0 N–H and O–H groups in total. The summed E-state index contributed by atoms with van der Waals surface area (Å²) >= 11 is 5.61. The second-order valence-corrected chi connectivity index (χ2v) is 2.79. The molecule has 0 aliphatic carbocycles. The fourth-order valence-electron chi connectivity index (χ4n) is 0.863. The van der Waals surface area contributed by atoms with Crippen molar-refractivity contribution in [1.29, 1.82) is 0 Å². The SMILES string of the molecule is CON=Cc1ccc(Cl)c([N+](=O)[O-])c1. The molecule has 1 aromatic rings. The average molecular weight is 215 g/mol. The van der Waals surface area contributed by atoms with E-state index in [0.717, 1.165) is 0 Å². The van der Waals surface area contributed by atoms with Crippen LogP contribution in [0.3, 0.4) is 0 Å². The predicted molar refractivity (Wildman–Crippen MR) is 52.7 cm³/mol. The van der Waals surface area contributed by atoms with Crippen molar-refractivity contribution in [2.45, 2.75) is 0 Å². The first-order chi connectivity index (χ1) is 6.65. The molecule has 0 aliphatic heterocycles. The van der Waals surface area contributed by atoms with Crippen molar-refractivity contribution in [2.75, 3.05) is 7.11 Å². The standard InChI is InChI=1S/C8H7ClN2O3/c1-14-10-5-6-2-3-7(9)8(4-6)11(12)13/h2-5H,1H3. The Morgan fingerprint density at radius 1 is 1.64 bits per heavy atom. The lowest BCUT2D eigenvalue weighted by atomic mass is 10.2. The Bertz CT molecular complexity index is 379. The molecule has 14 heavy (non-hydrogen) atoms. The van der Waals surface area contributed by atoms with Crippen LogP contribution in [0.2, 0.25) is 5.02 Å². The van der Waals surface area contributed by atoms with Gasteiger partial charge in [-0.25, -0.2) is 0 Å². The summed E-state index contributed by atoms with van der Waals surface area (Å²) in [5, 5.41) is 14.1. The molecule has 0 unspecified atom stereocenters. The predicted octanol–water partition coefficient (Wildman–Crippen LogP) is 2.23. The number of hydrogen-bond acceptors (Lipinski definition) is 4. The lowest BCUT2D eigenvalue weighted by Crippen LogP contribution is -1.91. The Labute approximate surface area is 85.1 Å². The second kappa shape index (κ2) is 4.57. The first kappa shape index (κ1) is 10.5. The van der Waals surface area contributed by atoms with Crippen molar-refractivity contribution < 1.29 is 9.76 Å². The van der Waals surface area contributed by atoms with Crippen LogP contribution in [0.25, 0.3) is 0 Å². The number of rotatable bonds is 3. The van der Waals surface area contributed by atoms with Gasteiger partial charge in [0.15, 0.2) is 0 Å². The molecule has 0 atom stereocenters. The second-order valence-electron chi connectivity index (χ2n) is 2.39. The van der Waals surface area contributed by atoms with E-state index in [4.69, 9.17) is 11.6 Å². The third kappa shape index (κ3) is 2.43. The summed E-state index contributed by atoms with van der Waals surface area (Å²) < 4.78 is 0. The van der Waals surface area contributed by atoms with Crippen molar-refractivity contribution in [1.82, 2.24) is 0 Å². The zero-order valence-corrected chi connectivity index (χ0v) is 8.06. The van der Waals surface area contributed by atoms with E-state index in [1.54, 1.807) is 6.07 Å². The summed E-state index contributed by atoms with van der Waals surface area (Å²) in [5.74, 6) is 0. The van der Waals surface area contributed by atoms with Crippen molar-refractivity contribution in [3.63, 3.8) is 0 Å². The molecule has 0 radical (unpaired) electrons. The normalized spacial score (nSPS) is 10.4. The number of oxime groups is 1. The fourth-order valence-corrected chi connectivity index (χ4v) is 1.05. The van der Waals surface area contributed by atoms with E-state index in [2.05, 4.69) is 9.99 Å². The molecule has 0 bridgehead atoms. The van der Waals surface area contributed by atoms with Crippen LogP contribution in [0.15, 0.2) is 23.4 Å². The average Bonchev–Trinajstić information content (AvgIpc) is 2.16. The molecule has 0 aromatic heterocycles. The lowest BCUT2D eigenvalue weighted by molar-refractivity contribution is -0.384. The van der Waals surface area contributed by atoms with Crippen LogP contribution in [-0.4, -0.2) is 18.2 Å². The van der Waals surface area contributed by atoms with Gasteiger partial charge in [-0.1, -0.05) is 22.8 Å². The Morgan fingerprint density at radius 3 is 2.93 bits per heavy atom. The highest BCUT2D eigenvalue weighted by Gasteiger charge is 2.11. The van der Waals surface area contributed by atoms with Crippen molar-refractivity contribution in [3.8, 4) is 0 Å². The van der Waals surface area contributed by atoms with Crippen LogP contribution >= 0.6 is 11.6 Å². The van der Waals surface area contributed by atoms with E-state index in [0.29, 0.717) is 5.56 Å². The molecule has 6 heteroatoms. The Balaban J connectivity index is 3.06. The molecule has 5 nitrogen and oxygen atoms in total. The number of halogens is 1. The number of benzene rings is 1. The summed E-state index contributed by atoms with van der Waals surface area (Å²) in [7, 11) is 1.39. The van der Waals surface area contributed by atoms with Gasteiger partial charge in [0, 0.05) is 11.6 Å². The minimum atomic E-state index is -0.549. The van der Waals surface area contributed by atoms with Crippen LogP contribution < -0.4 is 0 Å². The summed E-state index contributed by atoms with van der Waals surface area (Å²) in [6.45, 7) is 0. The summed E-state index contributed by atoms with van der Waals surface area (Å²) in [6, 6.07) is 4.37. The van der Waals surface area contributed by atoms with Crippen LogP contribution in [0, 0.1) is 10.1 Å². The number of nitro groups is 1. The molecule has 0 amide bonds. The van der Waals surface area contributed by atoms with E-state index in [-0.39, 0.29) is 10.7 Å². The van der Waals surface area contributed by atoms with E-state index < -0.39 is 4.92 Å². The zero-order valence-electron chi connectivity index (χ0n) is 7.31. The molecule has 0 fully saturated rings. The molecule has 1 aromatic carbocycles. The lowest BCUT2D eigenvalue weighted by Gasteiger charge is -1.96. The highest BCUT2D eigenvalue weighted by molar-refractivity contribution is 6.32. The van der Waals surface area contributed by atoms with Gasteiger partial charge >= 0.3 is 0 Å². The van der Waals surface area contributed by atoms with Gasteiger partial charge < -0.3 is 4.84 Å². The summed E-state index contributed by atoms with van der Waals surface area (Å²) in [5.41, 5.74) is 0.412. The quantitative estimate of drug-likeness (QED) is 0.440. The van der Waals surface area contributed by atoms with Crippen molar-refractivity contribution in [3.05, 3.63) is 38.9 Å². The summed E-state index contributed by atoms with van der Waals surface area (Å²) in [6.07, 6.45) is 1.36. The molecular weight excluding hydrogens is 208 g/mol. The van der Waals surface area contributed by atoms with E-state index >= 15 is 0 Å².